The van der Waals surface area contributed by atoms with E-state index in [0.717, 1.165) is 31.3 Å². The zero-order valence-electron chi connectivity index (χ0n) is 10.3. The molecule has 0 spiro atoms. The molecule has 2 heterocycles. The number of β-amino-alcohol motifs (C(OH)–C–C–N with tert-alkyl or cyclic N) is 1. The van der Waals surface area contributed by atoms with Crippen LogP contribution in [0.25, 0.3) is 0 Å². The van der Waals surface area contributed by atoms with Crippen LogP contribution in [0, 0.1) is 0 Å². The monoisotopic (exact) mass is 272 g/mol. The van der Waals surface area contributed by atoms with E-state index in [2.05, 4.69) is 9.88 Å². The Balaban J connectivity index is 1.93. The van der Waals surface area contributed by atoms with Gasteiger partial charge in [0.2, 0.25) is 0 Å². The van der Waals surface area contributed by atoms with Gasteiger partial charge < -0.3 is 5.11 Å². The number of aromatic nitrogens is 1. The first-order valence-corrected chi connectivity index (χ1v) is 6.38. The summed E-state index contributed by atoms with van der Waals surface area (Å²) in [6.07, 6.45) is 0.298. The molecule has 1 aromatic heterocycles. The van der Waals surface area contributed by atoms with Crippen molar-refractivity contribution in [2.75, 3.05) is 13.1 Å². The zero-order valence-corrected chi connectivity index (χ0v) is 10.3. The third kappa shape index (κ3) is 2.34. The highest BCUT2D eigenvalue weighted by Gasteiger charge is 2.47. The van der Waals surface area contributed by atoms with Crippen LogP contribution in [0.1, 0.15) is 30.4 Å². The van der Waals surface area contributed by atoms with Gasteiger partial charge in [-0.3, -0.25) is 9.88 Å². The summed E-state index contributed by atoms with van der Waals surface area (Å²) in [5.41, 5.74) is -2.30. The Kier molecular flexibility index (Phi) is 2.83. The van der Waals surface area contributed by atoms with Crippen molar-refractivity contribution in [2.45, 2.75) is 37.1 Å². The molecule has 0 radical (unpaired) electrons. The highest BCUT2D eigenvalue weighted by molar-refractivity contribution is 5.33. The first-order valence-electron chi connectivity index (χ1n) is 6.38. The van der Waals surface area contributed by atoms with Gasteiger partial charge in [-0.25, -0.2) is 0 Å². The Labute approximate surface area is 109 Å². The first kappa shape index (κ1) is 12.9. The number of aliphatic hydroxyl groups is 1. The average Bonchev–Trinajstić information content (AvgIpc) is 3.12. The predicted molar refractivity (Wildman–Crippen MR) is 62.3 cm³/mol. The number of rotatable bonds is 2. The van der Waals surface area contributed by atoms with Crippen LogP contribution < -0.4 is 0 Å². The quantitative estimate of drug-likeness (QED) is 0.896. The summed E-state index contributed by atoms with van der Waals surface area (Å²) in [4.78, 5) is 5.83. The van der Waals surface area contributed by atoms with E-state index in [1.165, 1.54) is 0 Å². The molecule has 2 fully saturated rings. The van der Waals surface area contributed by atoms with Crippen molar-refractivity contribution >= 4 is 0 Å². The van der Waals surface area contributed by atoms with Crippen molar-refractivity contribution in [3.63, 3.8) is 0 Å². The zero-order chi connectivity index (χ0) is 13.7. The van der Waals surface area contributed by atoms with Gasteiger partial charge in [0, 0.05) is 37.1 Å². The van der Waals surface area contributed by atoms with E-state index in [-0.39, 0.29) is 12.1 Å². The largest absolute Gasteiger partial charge is 0.416 e. The SMILES string of the molecule is OC1(c2cnccc2C(F)(F)F)CCN(C2CC2)C1. The van der Waals surface area contributed by atoms with E-state index in [4.69, 9.17) is 0 Å². The summed E-state index contributed by atoms with van der Waals surface area (Å²) in [5, 5.41) is 10.6. The Hall–Kier alpha value is -1.14. The molecule has 0 amide bonds. The number of halogens is 3. The van der Waals surface area contributed by atoms with Crippen LogP contribution in [0.15, 0.2) is 18.5 Å². The van der Waals surface area contributed by atoms with Crippen LogP contribution in [0.3, 0.4) is 0 Å². The molecule has 0 bridgehead atoms. The summed E-state index contributed by atoms with van der Waals surface area (Å²) >= 11 is 0. The number of hydrogen-bond acceptors (Lipinski definition) is 3. The topological polar surface area (TPSA) is 36.4 Å². The van der Waals surface area contributed by atoms with Gasteiger partial charge >= 0.3 is 6.18 Å². The highest BCUT2D eigenvalue weighted by Crippen LogP contribution is 2.42. The third-order valence-corrected chi connectivity index (χ3v) is 3.97. The molecule has 2 aliphatic rings. The molecule has 1 aliphatic carbocycles. The fraction of sp³-hybridized carbons (Fsp3) is 0.615. The average molecular weight is 272 g/mol. The lowest BCUT2D eigenvalue weighted by Gasteiger charge is -2.26. The molecule has 6 heteroatoms. The number of nitrogens with zero attached hydrogens (tertiary/aromatic N) is 2. The van der Waals surface area contributed by atoms with Crippen LogP contribution in [0.4, 0.5) is 13.2 Å². The Morgan fingerprint density at radius 1 is 1.37 bits per heavy atom. The van der Waals surface area contributed by atoms with Crippen LogP contribution in [-0.2, 0) is 11.8 Å². The molecule has 1 atom stereocenters. The second-order valence-corrected chi connectivity index (χ2v) is 5.40. The van der Waals surface area contributed by atoms with Crippen molar-refractivity contribution in [2.24, 2.45) is 0 Å². The van der Waals surface area contributed by atoms with E-state index in [1.807, 2.05) is 0 Å². The van der Waals surface area contributed by atoms with Crippen molar-refractivity contribution in [1.82, 2.24) is 9.88 Å². The molecule has 1 N–H and O–H groups in total. The summed E-state index contributed by atoms with van der Waals surface area (Å²) in [5.74, 6) is 0. The smallest absolute Gasteiger partial charge is 0.384 e. The van der Waals surface area contributed by atoms with E-state index >= 15 is 0 Å². The van der Waals surface area contributed by atoms with E-state index in [1.54, 1.807) is 0 Å². The van der Waals surface area contributed by atoms with Crippen molar-refractivity contribution in [3.8, 4) is 0 Å². The van der Waals surface area contributed by atoms with Crippen LogP contribution in [0.5, 0.6) is 0 Å². The molecular weight excluding hydrogens is 257 g/mol. The summed E-state index contributed by atoms with van der Waals surface area (Å²) in [6, 6.07) is 1.38. The van der Waals surface area contributed by atoms with Gasteiger partial charge in [-0.1, -0.05) is 0 Å². The summed E-state index contributed by atoms with van der Waals surface area (Å²) < 4.78 is 39.0. The van der Waals surface area contributed by atoms with Gasteiger partial charge in [0.15, 0.2) is 0 Å². The van der Waals surface area contributed by atoms with E-state index in [9.17, 15) is 18.3 Å². The highest BCUT2D eigenvalue weighted by atomic mass is 19.4. The Bertz CT molecular complexity index is 487. The maximum Gasteiger partial charge on any atom is 0.416 e. The number of alkyl halides is 3. The molecule has 3 rings (SSSR count). The second kappa shape index (κ2) is 4.18. The minimum atomic E-state index is -4.46. The summed E-state index contributed by atoms with van der Waals surface area (Å²) in [7, 11) is 0. The van der Waals surface area contributed by atoms with Crippen LogP contribution in [0.2, 0.25) is 0 Å². The van der Waals surface area contributed by atoms with Crippen LogP contribution in [-0.4, -0.2) is 34.1 Å². The third-order valence-electron chi connectivity index (χ3n) is 3.97. The molecule has 1 unspecified atom stereocenters. The number of pyridine rings is 1. The lowest BCUT2D eigenvalue weighted by molar-refractivity contribution is -0.140. The lowest BCUT2D eigenvalue weighted by atomic mass is 9.90. The molecule has 104 valence electrons. The number of likely N-dealkylation sites (tertiary alicyclic amines) is 1. The van der Waals surface area contributed by atoms with Gasteiger partial charge in [-0.2, -0.15) is 13.2 Å². The molecule has 19 heavy (non-hydrogen) atoms. The first-order chi connectivity index (χ1) is 8.90. The lowest BCUT2D eigenvalue weighted by Crippen LogP contribution is -2.34. The fourth-order valence-electron chi connectivity index (χ4n) is 2.81. The Morgan fingerprint density at radius 2 is 2.11 bits per heavy atom. The molecule has 1 saturated heterocycles. The molecule has 0 aromatic carbocycles. The van der Waals surface area contributed by atoms with E-state index in [0.29, 0.717) is 19.0 Å². The molecule has 1 aliphatic heterocycles. The molecular formula is C13H15F3N2O. The van der Waals surface area contributed by atoms with Crippen molar-refractivity contribution in [3.05, 3.63) is 29.6 Å². The predicted octanol–water partition coefficient (Wildman–Crippen LogP) is 2.16. The normalized spacial score (nSPS) is 28.8. The number of hydrogen-bond donors (Lipinski definition) is 1. The van der Waals surface area contributed by atoms with E-state index < -0.39 is 17.3 Å². The second-order valence-electron chi connectivity index (χ2n) is 5.40. The summed E-state index contributed by atoms with van der Waals surface area (Å²) in [6.45, 7) is 0.916. The minimum Gasteiger partial charge on any atom is -0.384 e. The van der Waals surface area contributed by atoms with Gasteiger partial charge in [0.05, 0.1) is 5.56 Å². The molecule has 1 aromatic rings. The maximum atomic E-state index is 13.0. The van der Waals surface area contributed by atoms with Gasteiger partial charge in [-0.15, -0.1) is 0 Å². The van der Waals surface area contributed by atoms with Gasteiger partial charge in [0.25, 0.3) is 0 Å². The minimum absolute atomic E-state index is 0.0920. The molecule has 1 saturated carbocycles. The maximum absolute atomic E-state index is 13.0. The van der Waals surface area contributed by atoms with Crippen molar-refractivity contribution in [1.29, 1.82) is 0 Å². The fourth-order valence-corrected chi connectivity index (χ4v) is 2.81. The Morgan fingerprint density at radius 3 is 2.74 bits per heavy atom. The van der Waals surface area contributed by atoms with Crippen molar-refractivity contribution < 1.29 is 18.3 Å². The standard InChI is InChI=1S/C13H15F3N2O/c14-13(15,16)10-3-5-17-7-11(10)12(19)4-6-18(8-12)9-1-2-9/h3,5,7,9,19H,1-2,4,6,8H2. The van der Waals surface area contributed by atoms with Gasteiger partial charge in [0.1, 0.15) is 5.60 Å². The van der Waals surface area contributed by atoms with Crippen LogP contribution >= 0.6 is 0 Å². The molecule has 3 nitrogen and oxygen atoms in total. The van der Waals surface area contributed by atoms with Gasteiger partial charge in [-0.05, 0) is 25.3 Å².